The second-order valence-corrected chi connectivity index (χ2v) is 3.05. The smallest absolute Gasteiger partial charge is 0.267 e. The van der Waals surface area contributed by atoms with Crippen LogP contribution in [-0.4, -0.2) is 23.5 Å². The normalized spacial score (nSPS) is 12.1. The lowest BCUT2D eigenvalue weighted by Crippen LogP contribution is -2.26. The number of nitrogens with zero attached hydrogens (tertiary/aromatic N) is 1. The summed E-state index contributed by atoms with van der Waals surface area (Å²) in [6, 6.07) is 5.17. The van der Waals surface area contributed by atoms with E-state index in [0.29, 0.717) is 12.4 Å². The molecule has 0 aliphatic carbocycles. The van der Waals surface area contributed by atoms with Crippen LogP contribution >= 0.6 is 0 Å². The minimum absolute atomic E-state index is 0.116. The molecule has 1 unspecified atom stereocenters. The monoisotopic (exact) mass is 194 g/mol. The molecule has 0 bridgehead atoms. The maximum atomic E-state index is 10.8. The van der Waals surface area contributed by atoms with Crippen molar-refractivity contribution in [2.24, 2.45) is 11.5 Å². The molecule has 14 heavy (non-hydrogen) atoms. The zero-order valence-electron chi connectivity index (χ0n) is 8.03. The Morgan fingerprint density at radius 2 is 2.36 bits per heavy atom. The van der Waals surface area contributed by atoms with Gasteiger partial charge in [0.1, 0.15) is 11.5 Å². The van der Waals surface area contributed by atoms with E-state index in [4.69, 9.17) is 11.5 Å². The molecule has 76 valence electrons. The summed E-state index contributed by atoms with van der Waals surface area (Å²) in [6.45, 7) is 2.43. The number of amides is 1. The highest BCUT2D eigenvalue weighted by Gasteiger charge is 2.04. The largest absolute Gasteiger partial charge is 0.366 e. The van der Waals surface area contributed by atoms with Crippen LogP contribution in [0.2, 0.25) is 0 Å². The standard InChI is InChI=1S/C9H14N4O/c1-6(5-10)12-8-4-2-3-7(13-8)9(11)14/h2-4,6H,5,10H2,1H3,(H2,11,14)(H,12,13). The minimum atomic E-state index is -0.533. The van der Waals surface area contributed by atoms with Crippen molar-refractivity contribution < 1.29 is 4.79 Å². The SMILES string of the molecule is CC(CN)Nc1cccc(C(N)=O)n1. The molecule has 5 N–H and O–H groups in total. The highest BCUT2D eigenvalue weighted by atomic mass is 16.1. The van der Waals surface area contributed by atoms with Crippen LogP contribution < -0.4 is 16.8 Å². The van der Waals surface area contributed by atoms with Crippen molar-refractivity contribution in [2.45, 2.75) is 13.0 Å². The van der Waals surface area contributed by atoms with Crippen molar-refractivity contribution in [3.8, 4) is 0 Å². The van der Waals surface area contributed by atoms with Gasteiger partial charge in [0.15, 0.2) is 0 Å². The third-order valence-corrected chi connectivity index (χ3v) is 1.75. The van der Waals surface area contributed by atoms with Gasteiger partial charge in [-0.3, -0.25) is 4.79 Å². The maximum Gasteiger partial charge on any atom is 0.267 e. The molecule has 5 heteroatoms. The third-order valence-electron chi connectivity index (χ3n) is 1.75. The summed E-state index contributed by atoms with van der Waals surface area (Å²) in [4.78, 5) is 14.8. The Balaban J connectivity index is 2.78. The van der Waals surface area contributed by atoms with Crippen LogP contribution in [0, 0.1) is 0 Å². The van der Waals surface area contributed by atoms with Gasteiger partial charge < -0.3 is 16.8 Å². The molecule has 1 atom stereocenters. The first-order valence-corrected chi connectivity index (χ1v) is 4.37. The number of anilines is 1. The first-order chi connectivity index (χ1) is 6.63. The zero-order valence-corrected chi connectivity index (χ0v) is 8.03. The lowest BCUT2D eigenvalue weighted by molar-refractivity contribution is 0.0995. The van der Waals surface area contributed by atoms with E-state index in [1.54, 1.807) is 18.2 Å². The average Bonchev–Trinajstić information content (AvgIpc) is 2.18. The number of rotatable bonds is 4. The molecule has 1 aromatic rings. The summed E-state index contributed by atoms with van der Waals surface area (Å²) in [5, 5.41) is 3.04. The van der Waals surface area contributed by atoms with E-state index in [1.165, 1.54) is 0 Å². The second-order valence-electron chi connectivity index (χ2n) is 3.05. The van der Waals surface area contributed by atoms with E-state index in [0.717, 1.165) is 0 Å². The third kappa shape index (κ3) is 2.70. The highest BCUT2D eigenvalue weighted by molar-refractivity contribution is 5.91. The highest BCUT2D eigenvalue weighted by Crippen LogP contribution is 2.05. The van der Waals surface area contributed by atoms with Gasteiger partial charge in [0, 0.05) is 12.6 Å². The molecular weight excluding hydrogens is 180 g/mol. The molecule has 0 aromatic carbocycles. The number of pyridine rings is 1. The number of hydrogen-bond acceptors (Lipinski definition) is 4. The van der Waals surface area contributed by atoms with E-state index in [2.05, 4.69) is 10.3 Å². The summed E-state index contributed by atoms with van der Waals surface area (Å²) < 4.78 is 0. The molecule has 5 nitrogen and oxygen atoms in total. The van der Waals surface area contributed by atoms with E-state index >= 15 is 0 Å². The summed E-state index contributed by atoms with van der Waals surface area (Å²) in [5.74, 6) is 0.0771. The summed E-state index contributed by atoms with van der Waals surface area (Å²) in [5.41, 5.74) is 10.8. The number of nitrogens with one attached hydrogen (secondary N) is 1. The molecule has 0 saturated carbocycles. The van der Waals surface area contributed by atoms with Crippen LogP contribution in [0.15, 0.2) is 18.2 Å². The van der Waals surface area contributed by atoms with Crippen molar-refractivity contribution in [1.82, 2.24) is 4.98 Å². The van der Waals surface area contributed by atoms with Gasteiger partial charge in [-0.25, -0.2) is 4.98 Å². The predicted octanol–water partition coefficient (Wildman–Crippen LogP) is -0.0604. The minimum Gasteiger partial charge on any atom is -0.366 e. The average molecular weight is 194 g/mol. The van der Waals surface area contributed by atoms with Crippen molar-refractivity contribution in [3.05, 3.63) is 23.9 Å². The number of primary amides is 1. The number of carbonyl (C=O) groups excluding carboxylic acids is 1. The number of aromatic nitrogens is 1. The molecule has 1 aromatic heterocycles. The molecular formula is C9H14N4O. The zero-order chi connectivity index (χ0) is 10.6. The molecule has 1 heterocycles. The molecule has 1 amide bonds. The molecule has 0 fully saturated rings. The van der Waals surface area contributed by atoms with Crippen molar-refractivity contribution in [2.75, 3.05) is 11.9 Å². The number of carbonyl (C=O) groups is 1. The van der Waals surface area contributed by atoms with Crippen molar-refractivity contribution >= 4 is 11.7 Å². The molecule has 0 aliphatic rings. The van der Waals surface area contributed by atoms with Crippen LogP contribution in [0.25, 0.3) is 0 Å². The molecule has 0 radical (unpaired) electrons. The van der Waals surface area contributed by atoms with Gasteiger partial charge in [-0.2, -0.15) is 0 Å². The van der Waals surface area contributed by atoms with E-state index in [-0.39, 0.29) is 11.7 Å². The quantitative estimate of drug-likeness (QED) is 0.625. The van der Waals surface area contributed by atoms with Crippen LogP contribution in [0.5, 0.6) is 0 Å². The van der Waals surface area contributed by atoms with Gasteiger partial charge >= 0.3 is 0 Å². The maximum absolute atomic E-state index is 10.8. The van der Waals surface area contributed by atoms with Crippen molar-refractivity contribution in [1.29, 1.82) is 0 Å². The molecule has 0 aliphatic heterocycles. The molecule has 1 rings (SSSR count). The molecule has 0 spiro atoms. The Bertz CT molecular complexity index is 326. The van der Waals surface area contributed by atoms with Gasteiger partial charge in [-0.1, -0.05) is 6.07 Å². The lowest BCUT2D eigenvalue weighted by atomic mass is 10.3. The summed E-state index contributed by atoms with van der Waals surface area (Å²) in [7, 11) is 0. The Labute approximate surface area is 82.5 Å². The number of hydrogen-bond donors (Lipinski definition) is 3. The van der Waals surface area contributed by atoms with Crippen molar-refractivity contribution in [3.63, 3.8) is 0 Å². The summed E-state index contributed by atoms with van der Waals surface area (Å²) in [6.07, 6.45) is 0. The summed E-state index contributed by atoms with van der Waals surface area (Å²) >= 11 is 0. The van der Waals surface area contributed by atoms with Crippen LogP contribution in [0.3, 0.4) is 0 Å². The molecule has 0 saturated heterocycles. The Morgan fingerprint density at radius 3 is 2.93 bits per heavy atom. The van der Waals surface area contributed by atoms with E-state index in [9.17, 15) is 4.79 Å². The second kappa shape index (κ2) is 4.57. The number of nitrogens with two attached hydrogens (primary N) is 2. The van der Waals surface area contributed by atoms with Gasteiger partial charge in [-0.15, -0.1) is 0 Å². The Kier molecular flexibility index (Phi) is 3.41. The topological polar surface area (TPSA) is 94.0 Å². The van der Waals surface area contributed by atoms with Gasteiger partial charge in [0.05, 0.1) is 0 Å². The van der Waals surface area contributed by atoms with Gasteiger partial charge in [0.2, 0.25) is 0 Å². The van der Waals surface area contributed by atoms with Gasteiger partial charge in [-0.05, 0) is 19.1 Å². The fourth-order valence-corrected chi connectivity index (χ4v) is 0.964. The van der Waals surface area contributed by atoms with E-state index < -0.39 is 5.91 Å². The fraction of sp³-hybridized carbons (Fsp3) is 0.333. The first-order valence-electron chi connectivity index (χ1n) is 4.37. The lowest BCUT2D eigenvalue weighted by Gasteiger charge is -2.11. The van der Waals surface area contributed by atoms with Crippen LogP contribution in [-0.2, 0) is 0 Å². The van der Waals surface area contributed by atoms with Crippen LogP contribution in [0.4, 0.5) is 5.82 Å². The Morgan fingerprint density at radius 1 is 1.64 bits per heavy atom. The van der Waals surface area contributed by atoms with Gasteiger partial charge in [0.25, 0.3) is 5.91 Å². The van der Waals surface area contributed by atoms with E-state index in [1.807, 2.05) is 6.92 Å². The Hall–Kier alpha value is -1.62. The first kappa shape index (κ1) is 10.5. The predicted molar refractivity (Wildman–Crippen MR) is 54.9 cm³/mol. The fourth-order valence-electron chi connectivity index (χ4n) is 0.964. The van der Waals surface area contributed by atoms with Crippen LogP contribution in [0.1, 0.15) is 17.4 Å².